The topological polar surface area (TPSA) is 46.2 Å². The fraction of sp³-hybridized carbons (Fsp3) is 0.333. The summed E-state index contributed by atoms with van der Waals surface area (Å²) < 4.78 is 0. The van der Waals surface area contributed by atoms with E-state index in [1.165, 1.54) is 0 Å². The molecule has 1 rings (SSSR count). The molecule has 1 N–H and O–H groups in total. The van der Waals surface area contributed by atoms with Crippen LogP contribution in [0.15, 0.2) is 18.2 Å². The largest absolute Gasteiger partial charge is 0.326 e. The Hall–Kier alpha value is -1.16. The zero-order valence-corrected chi connectivity index (χ0v) is 10.9. The van der Waals surface area contributed by atoms with Crippen LogP contribution < -0.4 is 5.32 Å². The number of Topliss-reactive ketones (excluding diaryl/α,β-unsaturated/α-hetero) is 1. The lowest BCUT2D eigenvalue weighted by atomic mass is 10.1. The summed E-state index contributed by atoms with van der Waals surface area (Å²) in [6, 6.07) is 5.78. The van der Waals surface area contributed by atoms with E-state index in [0.717, 1.165) is 16.8 Å². The second-order valence-corrected chi connectivity index (χ2v) is 4.33. The zero-order chi connectivity index (χ0) is 12.1. The molecule has 0 radical (unpaired) electrons. The fourth-order valence-corrected chi connectivity index (χ4v) is 1.68. The average molecular weight is 284 g/mol. The molecule has 0 heterocycles. The van der Waals surface area contributed by atoms with Gasteiger partial charge in [-0.25, -0.2) is 0 Å². The van der Waals surface area contributed by atoms with Gasteiger partial charge in [-0.2, -0.15) is 0 Å². The van der Waals surface area contributed by atoms with Crippen molar-refractivity contribution in [3.63, 3.8) is 0 Å². The van der Waals surface area contributed by atoms with E-state index >= 15 is 0 Å². The van der Waals surface area contributed by atoms with Crippen molar-refractivity contribution in [3.8, 4) is 0 Å². The molecule has 0 aliphatic heterocycles. The summed E-state index contributed by atoms with van der Waals surface area (Å²) in [7, 11) is 0. The maximum atomic E-state index is 11.5. The van der Waals surface area contributed by atoms with Gasteiger partial charge in [-0.1, -0.05) is 22.0 Å². The van der Waals surface area contributed by atoms with E-state index in [9.17, 15) is 9.59 Å². The molecule has 0 saturated carbocycles. The number of halogens is 1. The normalized spacial score (nSPS) is 9.94. The highest BCUT2D eigenvalue weighted by Gasteiger charge is 2.08. The predicted molar refractivity (Wildman–Crippen MR) is 68.0 cm³/mol. The van der Waals surface area contributed by atoms with Gasteiger partial charge in [0, 0.05) is 5.69 Å². The number of carbonyl (C=O) groups is 2. The van der Waals surface area contributed by atoms with Crippen LogP contribution in [-0.4, -0.2) is 17.0 Å². The van der Waals surface area contributed by atoms with Gasteiger partial charge in [0.15, 0.2) is 5.78 Å². The first kappa shape index (κ1) is 12.9. The highest BCUT2D eigenvalue weighted by Crippen LogP contribution is 2.13. The van der Waals surface area contributed by atoms with Crippen LogP contribution in [0, 0.1) is 13.8 Å². The van der Waals surface area contributed by atoms with Gasteiger partial charge in [0.2, 0.25) is 5.91 Å². The third-order valence-corrected chi connectivity index (χ3v) is 2.64. The highest BCUT2D eigenvalue weighted by molar-refractivity contribution is 9.09. The number of anilines is 1. The summed E-state index contributed by atoms with van der Waals surface area (Å²) in [4.78, 5) is 22.5. The lowest BCUT2D eigenvalue weighted by Crippen LogP contribution is -2.17. The first-order valence-electron chi connectivity index (χ1n) is 4.97. The van der Waals surface area contributed by atoms with Gasteiger partial charge in [-0.3, -0.25) is 9.59 Å². The Balaban J connectivity index is 2.66. The average Bonchev–Trinajstić information content (AvgIpc) is 2.15. The maximum absolute atomic E-state index is 11.5. The van der Waals surface area contributed by atoms with Crippen molar-refractivity contribution >= 4 is 33.3 Å². The van der Waals surface area contributed by atoms with E-state index in [-0.39, 0.29) is 23.4 Å². The van der Waals surface area contributed by atoms with Gasteiger partial charge in [-0.05, 0) is 37.1 Å². The van der Waals surface area contributed by atoms with Crippen molar-refractivity contribution in [2.24, 2.45) is 0 Å². The van der Waals surface area contributed by atoms with Crippen molar-refractivity contribution in [2.75, 3.05) is 10.6 Å². The summed E-state index contributed by atoms with van der Waals surface area (Å²) in [6.45, 7) is 3.93. The molecule has 0 unspecified atom stereocenters. The maximum Gasteiger partial charge on any atom is 0.231 e. The van der Waals surface area contributed by atoms with E-state index in [1.807, 2.05) is 32.0 Å². The number of amides is 1. The lowest BCUT2D eigenvalue weighted by Gasteiger charge is -2.06. The third-order valence-electron chi connectivity index (χ3n) is 2.01. The fourth-order valence-electron chi connectivity index (χ4n) is 1.48. The summed E-state index contributed by atoms with van der Waals surface area (Å²) in [5.41, 5.74) is 2.91. The van der Waals surface area contributed by atoms with Crippen LogP contribution in [0.1, 0.15) is 17.5 Å². The van der Waals surface area contributed by atoms with Gasteiger partial charge in [-0.15, -0.1) is 0 Å². The molecule has 0 atom stereocenters. The van der Waals surface area contributed by atoms with Gasteiger partial charge in [0.05, 0.1) is 11.8 Å². The third kappa shape index (κ3) is 4.14. The number of benzene rings is 1. The molecular weight excluding hydrogens is 270 g/mol. The smallest absolute Gasteiger partial charge is 0.231 e. The Morgan fingerprint density at radius 2 is 1.75 bits per heavy atom. The molecule has 3 nitrogen and oxygen atoms in total. The summed E-state index contributed by atoms with van der Waals surface area (Å²) in [5, 5.41) is 2.92. The van der Waals surface area contributed by atoms with Crippen LogP contribution in [0.3, 0.4) is 0 Å². The molecule has 0 saturated heterocycles. The van der Waals surface area contributed by atoms with Crippen LogP contribution in [0.4, 0.5) is 5.69 Å². The molecule has 0 fully saturated rings. The number of nitrogens with one attached hydrogen (secondary N) is 1. The minimum atomic E-state index is -0.269. The van der Waals surface area contributed by atoms with Crippen molar-refractivity contribution in [3.05, 3.63) is 29.3 Å². The Labute approximate surface area is 103 Å². The van der Waals surface area contributed by atoms with Crippen LogP contribution in [0.2, 0.25) is 0 Å². The SMILES string of the molecule is Cc1cc(C)cc(NC(=O)CC(=O)CBr)c1. The molecule has 0 aromatic heterocycles. The molecule has 16 heavy (non-hydrogen) atoms. The number of aryl methyl sites for hydroxylation is 2. The second kappa shape index (κ2) is 5.80. The molecule has 0 bridgehead atoms. The predicted octanol–water partition coefficient (Wildman–Crippen LogP) is 2.60. The first-order chi connectivity index (χ1) is 7.51. The standard InChI is InChI=1S/C12H14BrNO2/c1-8-3-9(2)5-10(4-8)14-12(16)6-11(15)7-13/h3-5H,6-7H2,1-2H3,(H,14,16). The van der Waals surface area contributed by atoms with E-state index in [1.54, 1.807) is 0 Å². The van der Waals surface area contributed by atoms with Gasteiger partial charge in [0.25, 0.3) is 0 Å². The van der Waals surface area contributed by atoms with Gasteiger partial charge in [0.1, 0.15) is 0 Å². The summed E-state index contributed by atoms with van der Waals surface area (Å²) in [6.07, 6.45) is -0.0851. The van der Waals surface area contributed by atoms with Gasteiger partial charge >= 0.3 is 0 Å². The lowest BCUT2D eigenvalue weighted by molar-refractivity contribution is -0.123. The Kier molecular flexibility index (Phi) is 4.68. The molecule has 0 spiro atoms. The number of hydrogen-bond donors (Lipinski definition) is 1. The quantitative estimate of drug-likeness (QED) is 0.682. The molecule has 0 aliphatic carbocycles. The van der Waals surface area contributed by atoms with E-state index in [0.29, 0.717) is 0 Å². The Morgan fingerprint density at radius 1 is 1.19 bits per heavy atom. The number of rotatable bonds is 4. The van der Waals surface area contributed by atoms with Crippen LogP contribution in [-0.2, 0) is 9.59 Å². The highest BCUT2D eigenvalue weighted by atomic mass is 79.9. The minimum Gasteiger partial charge on any atom is -0.326 e. The molecule has 86 valence electrons. The number of alkyl halides is 1. The molecule has 0 aliphatic rings. The van der Waals surface area contributed by atoms with E-state index < -0.39 is 0 Å². The minimum absolute atomic E-state index is 0.0851. The van der Waals surface area contributed by atoms with Crippen molar-refractivity contribution < 1.29 is 9.59 Å². The molecule has 1 aromatic carbocycles. The number of hydrogen-bond acceptors (Lipinski definition) is 2. The van der Waals surface area contributed by atoms with Gasteiger partial charge < -0.3 is 5.32 Å². The van der Waals surface area contributed by atoms with Crippen LogP contribution in [0.5, 0.6) is 0 Å². The number of ketones is 1. The first-order valence-corrected chi connectivity index (χ1v) is 6.09. The molecule has 1 aromatic rings. The second-order valence-electron chi connectivity index (χ2n) is 3.77. The molecular formula is C12H14BrNO2. The Bertz CT molecular complexity index is 395. The summed E-state index contributed by atoms with van der Waals surface area (Å²) >= 11 is 3.02. The molecule has 1 amide bonds. The van der Waals surface area contributed by atoms with E-state index in [4.69, 9.17) is 0 Å². The molecule has 4 heteroatoms. The van der Waals surface area contributed by atoms with E-state index in [2.05, 4.69) is 21.2 Å². The van der Waals surface area contributed by atoms with Crippen molar-refractivity contribution in [1.82, 2.24) is 0 Å². The van der Waals surface area contributed by atoms with Crippen molar-refractivity contribution in [2.45, 2.75) is 20.3 Å². The van der Waals surface area contributed by atoms with Crippen LogP contribution in [0.25, 0.3) is 0 Å². The van der Waals surface area contributed by atoms with Crippen molar-refractivity contribution in [1.29, 1.82) is 0 Å². The summed E-state index contributed by atoms with van der Waals surface area (Å²) in [5.74, 6) is -0.392. The number of carbonyl (C=O) groups excluding carboxylic acids is 2. The Morgan fingerprint density at radius 3 is 2.25 bits per heavy atom. The monoisotopic (exact) mass is 283 g/mol. The zero-order valence-electron chi connectivity index (χ0n) is 9.34. The van der Waals surface area contributed by atoms with Crippen LogP contribution >= 0.6 is 15.9 Å².